The zero-order valence-corrected chi connectivity index (χ0v) is 18.4. The summed E-state index contributed by atoms with van der Waals surface area (Å²) in [5, 5.41) is 12.9. The Hall–Kier alpha value is -2.59. The second kappa shape index (κ2) is 7.52. The zero-order valence-electron chi connectivity index (χ0n) is 17.6. The van der Waals surface area contributed by atoms with E-state index in [1.807, 2.05) is 13.8 Å². The highest BCUT2D eigenvalue weighted by Gasteiger charge is 2.37. The number of nitrogens with one attached hydrogen (secondary N) is 1. The third-order valence-corrected chi connectivity index (χ3v) is 7.35. The molecular weight excluding hydrogens is 426 g/mol. The van der Waals surface area contributed by atoms with Crippen LogP contribution in [0.25, 0.3) is 11.0 Å². The molecular formula is C21H25NO8S. The number of hydrogen-bond acceptors (Lipinski definition) is 8. The number of fused-ring (bicyclic) bond motifs is 3. The third-order valence-electron chi connectivity index (χ3n) is 5.63. The third kappa shape index (κ3) is 4.40. The second-order valence-corrected chi connectivity index (χ2v) is 10.9. The minimum absolute atomic E-state index is 0.311. The molecule has 2 aromatic rings. The van der Waals surface area contributed by atoms with Gasteiger partial charge in [0.15, 0.2) is 16.4 Å². The Morgan fingerprint density at radius 1 is 1.32 bits per heavy atom. The Kier molecular flexibility index (Phi) is 5.25. The lowest BCUT2D eigenvalue weighted by atomic mass is 9.92. The number of carbonyl (C=O) groups excluding carboxylic acids is 1. The highest BCUT2D eigenvalue weighted by molar-refractivity contribution is 7.91. The molecule has 2 aliphatic heterocycles. The summed E-state index contributed by atoms with van der Waals surface area (Å²) in [6.45, 7) is 5.27. The molecule has 9 nitrogen and oxygen atoms in total. The van der Waals surface area contributed by atoms with Crippen molar-refractivity contribution >= 4 is 26.7 Å². The lowest BCUT2D eigenvalue weighted by molar-refractivity contribution is -0.124. The van der Waals surface area contributed by atoms with Gasteiger partial charge < -0.3 is 24.3 Å². The minimum Gasteiger partial charge on any atom is -0.487 e. The Bertz CT molecular complexity index is 1210. The summed E-state index contributed by atoms with van der Waals surface area (Å²) in [6, 6.07) is 2.17. The van der Waals surface area contributed by atoms with Gasteiger partial charge in [0.2, 0.25) is 0 Å². The van der Waals surface area contributed by atoms with E-state index in [-0.39, 0.29) is 11.5 Å². The molecule has 2 atom stereocenters. The van der Waals surface area contributed by atoms with Gasteiger partial charge in [-0.2, -0.15) is 0 Å². The van der Waals surface area contributed by atoms with Crippen LogP contribution < -0.4 is 20.4 Å². The molecule has 31 heavy (non-hydrogen) atoms. The minimum atomic E-state index is -3.38. The predicted molar refractivity (Wildman–Crippen MR) is 112 cm³/mol. The van der Waals surface area contributed by atoms with E-state index in [0.29, 0.717) is 34.5 Å². The highest BCUT2D eigenvalue weighted by atomic mass is 32.2. The fourth-order valence-electron chi connectivity index (χ4n) is 4.09. The maximum Gasteiger partial charge on any atom is 0.336 e. The first-order chi connectivity index (χ1) is 14.4. The molecule has 2 aliphatic rings. The summed E-state index contributed by atoms with van der Waals surface area (Å²) in [6.07, 6.45) is 0.271. The molecule has 0 radical (unpaired) electrons. The quantitative estimate of drug-likeness (QED) is 0.654. The van der Waals surface area contributed by atoms with Crippen LogP contribution in [0.3, 0.4) is 0 Å². The molecule has 1 saturated heterocycles. The van der Waals surface area contributed by atoms with E-state index in [1.165, 1.54) is 6.07 Å². The molecule has 168 valence electrons. The number of rotatable bonds is 4. The van der Waals surface area contributed by atoms with Crippen molar-refractivity contribution in [2.75, 3.05) is 18.1 Å². The number of ether oxygens (including phenoxy) is 2. The van der Waals surface area contributed by atoms with Crippen LogP contribution in [0.1, 0.15) is 31.4 Å². The molecule has 0 saturated carbocycles. The number of aliphatic hydroxyl groups excluding tert-OH is 1. The number of hydrogen-bond donors (Lipinski definition) is 2. The van der Waals surface area contributed by atoms with E-state index in [2.05, 4.69) is 5.32 Å². The molecule has 1 aromatic carbocycles. The summed E-state index contributed by atoms with van der Waals surface area (Å²) in [5.74, 6) is -0.398. The van der Waals surface area contributed by atoms with E-state index in [4.69, 9.17) is 13.9 Å². The van der Waals surface area contributed by atoms with Crippen LogP contribution >= 0.6 is 0 Å². The van der Waals surface area contributed by atoms with Gasteiger partial charge in [0, 0.05) is 17.7 Å². The van der Waals surface area contributed by atoms with Crippen molar-refractivity contribution in [2.45, 2.75) is 51.4 Å². The molecule has 0 bridgehead atoms. The SMILES string of the molecule is Cc1cc(=O)oc2c3c(cc(OCC(=O)N[C@@H]4CS(=O)(=O)C[C@@H]4O)c12)OC(C)(C)CC3. The summed E-state index contributed by atoms with van der Waals surface area (Å²) in [7, 11) is -3.38. The molecule has 1 amide bonds. The van der Waals surface area contributed by atoms with Gasteiger partial charge in [0.1, 0.15) is 22.7 Å². The lowest BCUT2D eigenvalue weighted by Crippen LogP contribution is -2.44. The van der Waals surface area contributed by atoms with Crippen molar-refractivity contribution in [1.29, 1.82) is 0 Å². The molecule has 1 fully saturated rings. The van der Waals surface area contributed by atoms with E-state index in [9.17, 15) is 23.1 Å². The summed E-state index contributed by atoms with van der Waals surface area (Å²) >= 11 is 0. The van der Waals surface area contributed by atoms with Crippen molar-refractivity contribution in [1.82, 2.24) is 5.32 Å². The second-order valence-electron chi connectivity index (χ2n) is 8.77. The largest absolute Gasteiger partial charge is 0.487 e. The highest BCUT2D eigenvalue weighted by Crippen LogP contribution is 2.42. The van der Waals surface area contributed by atoms with Gasteiger partial charge >= 0.3 is 5.63 Å². The van der Waals surface area contributed by atoms with Crippen LogP contribution in [-0.4, -0.2) is 55.3 Å². The molecule has 0 spiro atoms. The number of amides is 1. The summed E-state index contributed by atoms with van der Waals surface area (Å²) in [5.41, 5.74) is 0.927. The number of aliphatic hydroxyl groups is 1. The van der Waals surface area contributed by atoms with Gasteiger partial charge in [0.05, 0.1) is 29.0 Å². The van der Waals surface area contributed by atoms with Crippen LogP contribution in [0.2, 0.25) is 0 Å². The molecule has 2 N–H and O–H groups in total. The standard InChI is InChI=1S/C21H25NO8S/c1-11-6-18(25)29-20-12-4-5-21(2,3)30-15(12)7-16(19(11)20)28-8-17(24)22-13-9-31(26,27)10-14(13)23/h6-7,13-14,23H,4-5,8-10H2,1-3H3,(H,22,24)/t13-,14+/m1/s1. The Morgan fingerprint density at radius 3 is 2.74 bits per heavy atom. The van der Waals surface area contributed by atoms with Crippen LogP contribution in [0, 0.1) is 6.92 Å². The van der Waals surface area contributed by atoms with Crippen LogP contribution in [-0.2, 0) is 21.1 Å². The van der Waals surface area contributed by atoms with Gasteiger partial charge in [-0.15, -0.1) is 0 Å². The summed E-state index contributed by atoms with van der Waals surface area (Å²) < 4.78 is 40.5. The fourth-order valence-corrected chi connectivity index (χ4v) is 5.83. The van der Waals surface area contributed by atoms with Gasteiger partial charge in [-0.05, 0) is 39.2 Å². The topological polar surface area (TPSA) is 132 Å². The van der Waals surface area contributed by atoms with Crippen LogP contribution in [0.4, 0.5) is 0 Å². The molecule has 10 heteroatoms. The summed E-state index contributed by atoms with van der Waals surface area (Å²) in [4.78, 5) is 24.3. The first kappa shape index (κ1) is 21.6. The molecule has 3 heterocycles. The van der Waals surface area contributed by atoms with Gasteiger partial charge in [-0.1, -0.05) is 0 Å². The average molecular weight is 451 g/mol. The zero-order chi connectivity index (χ0) is 22.6. The van der Waals surface area contributed by atoms with Crippen molar-refractivity contribution in [2.24, 2.45) is 0 Å². The molecule has 1 aromatic heterocycles. The lowest BCUT2D eigenvalue weighted by Gasteiger charge is -2.33. The molecule has 0 aliphatic carbocycles. The van der Waals surface area contributed by atoms with E-state index in [0.717, 1.165) is 12.0 Å². The van der Waals surface area contributed by atoms with E-state index in [1.54, 1.807) is 13.0 Å². The number of carbonyl (C=O) groups is 1. The Balaban J connectivity index is 1.62. The van der Waals surface area contributed by atoms with Crippen molar-refractivity contribution < 1.29 is 32.2 Å². The monoisotopic (exact) mass is 451 g/mol. The fraction of sp³-hybridized carbons (Fsp3) is 0.524. The van der Waals surface area contributed by atoms with Gasteiger partial charge in [0.25, 0.3) is 5.91 Å². The number of aryl methyl sites for hydroxylation is 2. The first-order valence-corrected chi connectivity index (χ1v) is 11.9. The predicted octanol–water partition coefficient (Wildman–Crippen LogP) is 0.858. The maximum atomic E-state index is 12.3. The average Bonchev–Trinajstić information content (AvgIpc) is 2.89. The number of sulfone groups is 1. The van der Waals surface area contributed by atoms with Crippen LogP contribution in [0.5, 0.6) is 11.5 Å². The van der Waals surface area contributed by atoms with E-state index < -0.39 is 45.7 Å². The normalized spacial score (nSPS) is 23.7. The maximum absolute atomic E-state index is 12.3. The van der Waals surface area contributed by atoms with Gasteiger partial charge in [-0.25, -0.2) is 13.2 Å². The van der Waals surface area contributed by atoms with Crippen molar-refractivity contribution in [3.63, 3.8) is 0 Å². The Labute approximate surface area is 179 Å². The number of benzene rings is 1. The molecule has 4 rings (SSSR count). The first-order valence-electron chi connectivity index (χ1n) is 10.0. The van der Waals surface area contributed by atoms with Gasteiger partial charge in [-0.3, -0.25) is 4.79 Å². The van der Waals surface area contributed by atoms with Crippen LogP contribution in [0.15, 0.2) is 21.3 Å². The molecule has 0 unspecified atom stereocenters. The van der Waals surface area contributed by atoms with Crippen molar-refractivity contribution in [3.8, 4) is 11.5 Å². The van der Waals surface area contributed by atoms with Crippen molar-refractivity contribution in [3.05, 3.63) is 33.7 Å². The Morgan fingerprint density at radius 2 is 2.06 bits per heavy atom. The van der Waals surface area contributed by atoms with E-state index >= 15 is 0 Å². The smallest absolute Gasteiger partial charge is 0.336 e.